The molecule has 0 aromatic rings. The molecule has 4 nitrogen and oxygen atoms in total. The molecule has 0 rings (SSSR count). The molecule has 5 heteroatoms. The van der Waals surface area contributed by atoms with E-state index in [1.807, 2.05) is 0 Å². The zero-order valence-electron chi connectivity index (χ0n) is 2.30. The molecule has 0 aliphatic heterocycles. The monoisotopic (exact) mass is 205 g/mol. The van der Waals surface area contributed by atoms with E-state index < -0.39 is 0 Å². The van der Waals surface area contributed by atoms with Crippen LogP contribution in [0.25, 0.3) is 0 Å². The van der Waals surface area contributed by atoms with Crippen molar-refractivity contribution in [2.75, 3.05) is 0 Å². The van der Waals surface area contributed by atoms with Crippen molar-refractivity contribution in [3.05, 3.63) is 4.91 Å². The van der Waals surface area contributed by atoms with Crippen LogP contribution in [0.5, 0.6) is 0 Å². The first-order valence-corrected chi connectivity index (χ1v) is 0.383. The van der Waals surface area contributed by atoms with Crippen LogP contribution in [0.15, 0.2) is 5.34 Å². The maximum Gasteiger partial charge on any atom is 0.152 e. The summed E-state index contributed by atoms with van der Waals surface area (Å²) < 4.78 is 0. The Labute approximate surface area is 62.2 Å². The predicted octanol–water partition coefficient (Wildman–Crippen LogP) is -0.683. The SMILES string of the molecule is O.O=NO.[Ce]. The van der Waals surface area contributed by atoms with Gasteiger partial charge in [0.15, 0.2) is 5.34 Å². The summed E-state index contributed by atoms with van der Waals surface area (Å²) in [5.41, 5.74) is 0. The first-order valence-electron chi connectivity index (χ1n) is 0.383. The quantitative estimate of drug-likeness (QED) is 0.419. The third-order valence-electron chi connectivity index (χ3n) is 0. The molecule has 0 aliphatic rings. The van der Waals surface area contributed by atoms with E-state index in [4.69, 9.17) is 10.1 Å². The first kappa shape index (κ1) is 17.2. The maximum atomic E-state index is 8.11. The van der Waals surface area contributed by atoms with Gasteiger partial charge in [-0.05, 0) is 0 Å². The summed E-state index contributed by atoms with van der Waals surface area (Å²) in [7, 11) is 0. The second kappa shape index (κ2) is 21.9. The van der Waals surface area contributed by atoms with E-state index in [9.17, 15) is 0 Å². The molecule has 0 aromatic carbocycles. The average Bonchev–Trinajstić information content (AvgIpc) is 0.918. The van der Waals surface area contributed by atoms with Crippen LogP contribution in [-0.4, -0.2) is 10.7 Å². The van der Waals surface area contributed by atoms with Crippen LogP contribution in [0.1, 0.15) is 0 Å². The van der Waals surface area contributed by atoms with Crippen molar-refractivity contribution in [1.82, 2.24) is 0 Å². The molecule has 0 heterocycles. The molecule has 5 heavy (non-hydrogen) atoms. The molecule has 0 aliphatic carbocycles. The van der Waals surface area contributed by atoms with E-state index in [1.165, 1.54) is 5.34 Å². The average molecular weight is 205 g/mol. The van der Waals surface area contributed by atoms with Gasteiger partial charge in [-0.2, -0.15) is 0 Å². The molecular weight excluding hydrogens is 202 g/mol. The van der Waals surface area contributed by atoms with Crippen molar-refractivity contribution in [2.24, 2.45) is 5.34 Å². The Kier molecular flexibility index (Phi) is 75.4. The molecular formula is H3CeNO3. The summed E-state index contributed by atoms with van der Waals surface area (Å²) in [6.07, 6.45) is 0. The van der Waals surface area contributed by atoms with Crippen molar-refractivity contribution in [2.45, 2.75) is 0 Å². The van der Waals surface area contributed by atoms with Crippen LogP contribution in [0.3, 0.4) is 0 Å². The molecule has 0 saturated heterocycles. The summed E-state index contributed by atoms with van der Waals surface area (Å²) in [6, 6.07) is 0. The first-order chi connectivity index (χ1) is 1.41. The number of hydrogen-bond acceptors (Lipinski definition) is 2. The smallest absolute Gasteiger partial charge is 0.152 e. The third-order valence-corrected chi connectivity index (χ3v) is 0. The van der Waals surface area contributed by atoms with E-state index in [0.29, 0.717) is 0 Å². The van der Waals surface area contributed by atoms with Gasteiger partial charge in [0.25, 0.3) is 0 Å². The Hall–Kier alpha value is 0.737. The van der Waals surface area contributed by atoms with E-state index in [2.05, 4.69) is 0 Å². The van der Waals surface area contributed by atoms with Gasteiger partial charge in [-0.25, -0.2) is 0 Å². The van der Waals surface area contributed by atoms with Crippen LogP contribution in [0.2, 0.25) is 0 Å². The van der Waals surface area contributed by atoms with E-state index >= 15 is 0 Å². The van der Waals surface area contributed by atoms with Gasteiger partial charge in [0.1, 0.15) is 0 Å². The van der Waals surface area contributed by atoms with Crippen LogP contribution < -0.4 is 0 Å². The Morgan fingerprint density at radius 1 is 1.60 bits per heavy atom. The molecule has 0 bridgehead atoms. The van der Waals surface area contributed by atoms with Crippen molar-refractivity contribution < 1.29 is 52.4 Å². The third kappa shape index (κ3) is 65.4. The van der Waals surface area contributed by atoms with E-state index in [1.54, 1.807) is 0 Å². The fourth-order valence-electron chi connectivity index (χ4n) is 0. The van der Waals surface area contributed by atoms with Crippen LogP contribution >= 0.6 is 0 Å². The van der Waals surface area contributed by atoms with Crippen LogP contribution in [-0.2, 0) is 0 Å². The zero-order valence-corrected chi connectivity index (χ0v) is 5.44. The Morgan fingerprint density at radius 3 is 1.60 bits per heavy atom. The number of rotatable bonds is 0. The van der Waals surface area contributed by atoms with Crippen LogP contribution in [0.4, 0.5) is 0 Å². The molecule has 0 saturated carbocycles. The molecule has 0 aromatic heterocycles. The second-order valence-electron chi connectivity index (χ2n) is 0.0816. The normalized spacial score (nSPS) is 2.40. The Balaban J connectivity index is -0.0000000200. The largest absolute Gasteiger partial charge is 0.412 e. The van der Waals surface area contributed by atoms with Gasteiger partial charge in [0.05, 0.1) is 0 Å². The molecule has 0 spiro atoms. The van der Waals surface area contributed by atoms with Gasteiger partial charge in [-0.1, -0.05) is 0 Å². The number of nitrogens with zero attached hydrogens (tertiary/aromatic N) is 1. The van der Waals surface area contributed by atoms with E-state index in [0.717, 1.165) is 0 Å². The van der Waals surface area contributed by atoms with E-state index in [-0.39, 0.29) is 47.2 Å². The number of hydrogen-bond donors (Lipinski definition) is 1. The van der Waals surface area contributed by atoms with Crippen molar-refractivity contribution >= 4 is 0 Å². The summed E-state index contributed by atoms with van der Waals surface area (Å²) in [5.74, 6) is 0. The van der Waals surface area contributed by atoms with Crippen molar-refractivity contribution in [3.8, 4) is 0 Å². The standard InChI is InChI=1S/Ce.HNO2.H2O/c;2-1-3;/h;(H,2,3);1H2. The van der Waals surface area contributed by atoms with Gasteiger partial charge in [0, 0.05) is 41.7 Å². The predicted molar refractivity (Wildman–Crippen MR) is 11.2 cm³/mol. The molecule has 0 unspecified atom stereocenters. The molecule has 0 atom stereocenters. The van der Waals surface area contributed by atoms with Crippen LogP contribution in [0, 0.1) is 46.7 Å². The topological polar surface area (TPSA) is 81.2 Å². The fraction of sp³-hybridized carbons (Fsp3) is 0. The fourth-order valence-corrected chi connectivity index (χ4v) is 0. The van der Waals surface area contributed by atoms with Crippen molar-refractivity contribution in [3.63, 3.8) is 0 Å². The summed E-state index contributed by atoms with van der Waals surface area (Å²) in [4.78, 5) is 8.11. The minimum Gasteiger partial charge on any atom is -0.412 e. The summed E-state index contributed by atoms with van der Waals surface area (Å²) in [5, 5.41) is 7.89. The van der Waals surface area contributed by atoms with Gasteiger partial charge in [-0.3, -0.25) is 0 Å². The minimum atomic E-state index is 0. The van der Waals surface area contributed by atoms with Gasteiger partial charge in [-0.15, -0.1) is 4.91 Å². The maximum absolute atomic E-state index is 8.11. The summed E-state index contributed by atoms with van der Waals surface area (Å²) >= 11 is 0. The van der Waals surface area contributed by atoms with Crippen molar-refractivity contribution in [1.29, 1.82) is 0 Å². The second-order valence-corrected chi connectivity index (χ2v) is 0.0816. The summed E-state index contributed by atoms with van der Waals surface area (Å²) in [6.45, 7) is 0. The molecule has 30 valence electrons. The molecule has 0 radical (unpaired) electrons. The van der Waals surface area contributed by atoms with Gasteiger partial charge in [0.2, 0.25) is 0 Å². The van der Waals surface area contributed by atoms with Gasteiger partial charge >= 0.3 is 0 Å². The zero-order chi connectivity index (χ0) is 2.71. The molecule has 0 fully saturated rings. The molecule has 3 N–H and O–H groups in total. The Bertz CT molecular complexity index is 14.4. The minimum absolute atomic E-state index is 0. The Morgan fingerprint density at radius 2 is 1.60 bits per heavy atom. The molecule has 0 amide bonds. The van der Waals surface area contributed by atoms with Gasteiger partial charge < -0.3 is 10.7 Å².